The maximum Gasteiger partial charge on any atom is 0.217 e. The third kappa shape index (κ3) is 1.76. The molecule has 1 aliphatic rings. The molecule has 19 heavy (non-hydrogen) atoms. The van der Waals surface area contributed by atoms with E-state index < -0.39 is 0 Å². The average Bonchev–Trinajstić information content (AvgIpc) is 2.69. The minimum Gasteiger partial charge on any atom is -0.370 e. The number of carbonyl (C=O) groups excluding carboxylic acids is 1. The summed E-state index contributed by atoms with van der Waals surface area (Å²) in [6, 6.07) is 8.37. The highest BCUT2D eigenvalue weighted by Gasteiger charge is 2.59. The monoisotopic (exact) mass is 256 g/mol. The van der Waals surface area contributed by atoms with E-state index in [0.29, 0.717) is 18.3 Å². The Balaban J connectivity index is 2.06. The molecular weight excluding hydrogens is 236 g/mol. The zero-order valence-electron chi connectivity index (χ0n) is 11.7. The molecule has 1 saturated carbocycles. The van der Waals surface area contributed by atoms with Crippen LogP contribution in [0.25, 0.3) is 10.9 Å². The van der Waals surface area contributed by atoms with Crippen molar-refractivity contribution in [2.24, 2.45) is 17.1 Å². The highest BCUT2D eigenvalue weighted by atomic mass is 16.1. The number of para-hydroxylation sites is 1. The number of rotatable bonds is 3. The number of carbonyl (C=O) groups is 1. The van der Waals surface area contributed by atoms with Crippen LogP contribution in [0.4, 0.5) is 0 Å². The summed E-state index contributed by atoms with van der Waals surface area (Å²) in [5, 5.41) is 1.28. The lowest BCUT2D eigenvalue weighted by molar-refractivity contribution is -0.118. The van der Waals surface area contributed by atoms with Crippen LogP contribution in [0.5, 0.6) is 0 Å². The zero-order valence-corrected chi connectivity index (χ0v) is 11.7. The van der Waals surface area contributed by atoms with E-state index in [1.807, 2.05) is 6.07 Å². The minimum atomic E-state index is -0.196. The van der Waals surface area contributed by atoms with Gasteiger partial charge in [-0.1, -0.05) is 32.0 Å². The minimum absolute atomic E-state index is 0.157. The van der Waals surface area contributed by atoms with Gasteiger partial charge >= 0.3 is 0 Å². The summed E-state index contributed by atoms with van der Waals surface area (Å²) in [5.74, 6) is 0.595. The number of nitrogens with one attached hydrogen (secondary N) is 1. The number of hydrogen-bond donors (Lipinski definition) is 2. The quantitative estimate of drug-likeness (QED) is 0.871. The summed E-state index contributed by atoms with van der Waals surface area (Å²) >= 11 is 0. The third-order valence-electron chi connectivity index (χ3n) is 4.73. The lowest BCUT2D eigenvalue weighted by atomic mass is 10.0. The van der Waals surface area contributed by atoms with E-state index in [-0.39, 0.29) is 11.3 Å². The summed E-state index contributed by atoms with van der Waals surface area (Å²) < 4.78 is 0. The van der Waals surface area contributed by atoms with Crippen LogP contribution in [-0.2, 0) is 4.79 Å². The van der Waals surface area contributed by atoms with Gasteiger partial charge in [-0.2, -0.15) is 0 Å². The van der Waals surface area contributed by atoms with Crippen molar-refractivity contribution in [3.63, 3.8) is 0 Å². The molecule has 3 rings (SSSR count). The van der Waals surface area contributed by atoms with Crippen LogP contribution >= 0.6 is 0 Å². The predicted octanol–water partition coefficient (Wildman–Crippen LogP) is 3.09. The van der Waals surface area contributed by atoms with Crippen molar-refractivity contribution in [2.75, 3.05) is 0 Å². The van der Waals surface area contributed by atoms with Crippen molar-refractivity contribution in [2.45, 2.75) is 33.1 Å². The topological polar surface area (TPSA) is 58.9 Å². The Labute approximate surface area is 113 Å². The Morgan fingerprint density at radius 1 is 1.37 bits per heavy atom. The summed E-state index contributed by atoms with van der Waals surface area (Å²) in [6.45, 7) is 6.57. The number of fused-ring (bicyclic) bond motifs is 1. The third-order valence-corrected chi connectivity index (χ3v) is 4.73. The molecule has 0 saturated heterocycles. The molecular formula is C16H20N2O. The van der Waals surface area contributed by atoms with Gasteiger partial charge in [0, 0.05) is 23.0 Å². The van der Waals surface area contributed by atoms with E-state index >= 15 is 0 Å². The van der Waals surface area contributed by atoms with E-state index in [4.69, 9.17) is 5.73 Å². The van der Waals surface area contributed by atoms with Crippen molar-refractivity contribution in [3.05, 3.63) is 35.5 Å². The molecule has 2 aromatic rings. The molecule has 1 fully saturated rings. The van der Waals surface area contributed by atoms with Gasteiger partial charge < -0.3 is 10.7 Å². The number of hydrogen-bond acceptors (Lipinski definition) is 1. The Bertz CT molecular complexity index is 654. The first-order chi connectivity index (χ1) is 8.93. The van der Waals surface area contributed by atoms with Crippen molar-refractivity contribution in [3.8, 4) is 0 Å². The molecule has 1 aliphatic carbocycles. The molecule has 100 valence electrons. The van der Waals surface area contributed by atoms with Crippen LogP contribution in [0.1, 0.15) is 37.4 Å². The number of primary amides is 1. The highest BCUT2D eigenvalue weighted by molar-refractivity contribution is 5.86. The smallest absolute Gasteiger partial charge is 0.217 e. The lowest BCUT2D eigenvalue weighted by Gasteiger charge is -2.03. The second-order valence-corrected chi connectivity index (χ2v) is 6.29. The van der Waals surface area contributed by atoms with Crippen LogP contribution in [0.2, 0.25) is 0 Å². The molecule has 1 aromatic carbocycles. The molecule has 3 heteroatoms. The Hall–Kier alpha value is -1.77. The van der Waals surface area contributed by atoms with Crippen LogP contribution in [0.15, 0.2) is 24.3 Å². The van der Waals surface area contributed by atoms with Crippen LogP contribution in [-0.4, -0.2) is 10.9 Å². The Morgan fingerprint density at radius 2 is 2.05 bits per heavy atom. The maximum absolute atomic E-state index is 11.2. The standard InChI is InChI=1S/C16H20N2O/c1-9-14(10-6-4-5-7-12(10)18-9)15-11(8-13(17)19)16(15,2)3/h4-7,11,15,18H,8H2,1-3H3,(H2,17,19)/t11-,15-/m1/s1. The summed E-state index contributed by atoms with van der Waals surface area (Å²) in [6.07, 6.45) is 0.483. The molecule has 1 heterocycles. The van der Waals surface area contributed by atoms with Crippen molar-refractivity contribution in [1.29, 1.82) is 0 Å². The van der Waals surface area contributed by atoms with Gasteiger partial charge in [-0.25, -0.2) is 0 Å². The molecule has 0 spiro atoms. The van der Waals surface area contributed by atoms with E-state index in [1.165, 1.54) is 22.2 Å². The van der Waals surface area contributed by atoms with Gasteiger partial charge in [0.1, 0.15) is 0 Å². The van der Waals surface area contributed by atoms with Gasteiger partial charge in [-0.15, -0.1) is 0 Å². The van der Waals surface area contributed by atoms with Crippen molar-refractivity contribution < 1.29 is 4.79 Å². The van der Waals surface area contributed by atoms with Crippen LogP contribution in [0.3, 0.4) is 0 Å². The largest absolute Gasteiger partial charge is 0.370 e. The summed E-state index contributed by atoms with van der Waals surface area (Å²) in [5.41, 5.74) is 9.29. The number of aromatic amines is 1. The first kappa shape index (κ1) is 12.3. The van der Waals surface area contributed by atoms with Gasteiger partial charge in [0.05, 0.1) is 0 Å². The molecule has 0 bridgehead atoms. The van der Waals surface area contributed by atoms with E-state index in [9.17, 15) is 4.79 Å². The highest BCUT2D eigenvalue weighted by Crippen LogP contribution is 2.67. The number of benzene rings is 1. The normalized spacial score (nSPS) is 24.6. The SMILES string of the molecule is Cc1[nH]c2ccccc2c1[C@H]1[C@@H](CC(N)=O)C1(C)C. The second kappa shape index (κ2) is 3.86. The molecule has 2 atom stereocenters. The molecule has 1 aromatic heterocycles. The van der Waals surface area contributed by atoms with Crippen molar-refractivity contribution in [1.82, 2.24) is 4.98 Å². The number of aromatic nitrogens is 1. The number of nitrogens with two attached hydrogens (primary N) is 1. The lowest BCUT2D eigenvalue weighted by Crippen LogP contribution is -2.12. The molecule has 1 amide bonds. The molecule has 3 nitrogen and oxygen atoms in total. The second-order valence-electron chi connectivity index (χ2n) is 6.29. The number of aryl methyl sites for hydroxylation is 1. The van der Waals surface area contributed by atoms with Crippen LogP contribution < -0.4 is 5.73 Å². The number of amides is 1. The molecule has 0 aliphatic heterocycles. The fourth-order valence-corrected chi connectivity index (χ4v) is 3.61. The summed E-state index contributed by atoms with van der Waals surface area (Å²) in [4.78, 5) is 14.7. The molecule has 3 N–H and O–H groups in total. The predicted molar refractivity (Wildman–Crippen MR) is 76.9 cm³/mol. The Kier molecular flexibility index (Phi) is 2.49. The fourth-order valence-electron chi connectivity index (χ4n) is 3.61. The van der Waals surface area contributed by atoms with E-state index in [1.54, 1.807) is 0 Å². The van der Waals surface area contributed by atoms with Gasteiger partial charge in [0.15, 0.2) is 0 Å². The van der Waals surface area contributed by atoms with E-state index in [2.05, 4.69) is 44.0 Å². The van der Waals surface area contributed by atoms with Crippen LogP contribution in [0, 0.1) is 18.3 Å². The fraction of sp³-hybridized carbons (Fsp3) is 0.438. The van der Waals surface area contributed by atoms with Gasteiger partial charge in [-0.05, 0) is 35.8 Å². The maximum atomic E-state index is 11.2. The van der Waals surface area contributed by atoms with Gasteiger partial charge in [0.2, 0.25) is 5.91 Å². The first-order valence-corrected chi connectivity index (χ1v) is 6.78. The number of H-pyrrole nitrogens is 1. The Morgan fingerprint density at radius 3 is 2.74 bits per heavy atom. The first-order valence-electron chi connectivity index (χ1n) is 6.78. The van der Waals surface area contributed by atoms with Gasteiger partial charge in [-0.3, -0.25) is 4.79 Å². The molecule has 0 unspecified atom stereocenters. The zero-order chi connectivity index (χ0) is 13.8. The van der Waals surface area contributed by atoms with Gasteiger partial charge in [0.25, 0.3) is 0 Å². The van der Waals surface area contributed by atoms with Crippen molar-refractivity contribution >= 4 is 16.8 Å². The summed E-state index contributed by atoms with van der Waals surface area (Å²) in [7, 11) is 0. The van der Waals surface area contributed by atoms with E-state index in [0.717, 1.165) is 0 Å². The average molecular weight is 256 g/mol. The molecule has 0 radical (unpaired) electrons.